The maximum atomic E-state index is 13.8. The minimum Gasteiger partial charge on any atom is -0.382 e. The summed E-state index contributed by atoms with van der Waals surface area (Å²) in [6.07, 6.45) is 2.71. The Morgan fingerprint density at radius 3 is 2.50 bits per heavy atom. The molecule has 0 aliphatic carbocycles. The van der Waals surface area contributed by atoms with Crippen molar-refractivity contribution in [2.45, 2.75) is 6.92 Å². The van der Waals surface area contributed by atoms with Crippen LogP contribution >= 0.6 is 0 Å². The van der Waals surface area contributed by atoms with E-state index in [1.54, 1.807) is 6.92 Å². The molecule has 0 saturated heterocycles. The van der Waals surface area contributed by atoms with E-state index in [1.807, 2.05) is 0 Å². The lowest BCUT2D eigenvalue weighted by Crippen LogP contribution is -2.01. The van der Waals surface area contributed by atoms with Crippen LogP contribution in [0.25, 0.3) is 11.3 Å². The molecule has 0 radical (unpaired) electrons. The van der Waals surface area contributed by atoms with Gasteiger partial charge in [-0.2, -0.15) is 0 Å². The van der Waals surface area contributed by atoms with E-state index in [0.717, 1.165) is 0 Å². The van der Waals surface area contributed by atoms with E-state index < -0.39 is 11.6 Å². The third-order valence-electron chi connectivity index (χ3n) is 2.25. The molecule has 0 amide bonds. The Bertz CT molecular complexity index is 541. The van der Waals surface area contributed by atoms with Crippen molar-refractivity contribution >= 4 is 5.82 Å². The van der Waals surface area contributed by atoms with Crippen LogP contribution in [-0.2, 0) is 0 Å². The van der Waals surface area contributed by atoms with Crippen LogP contribution in [0.5, 0.6) is 0 Å². The van der Waals surface area contributed by atoms with Gasteiger partial charge in [0, 0.05) is 12.4 Å². The Hall–Kier alpha value is -2.04. The summed E-state index contributed by atoms with van der Waals surface area (Å²) in [6.45, 7) is 1.55. The molecule has 2 aromatic rings. The van der Waals surface area contributed by atoms with Crippen molar-refractivity contribution in [3.63, 3.8) is 0 Å². The second-order valence-corrected chi connectivity index (χ2v) is 3.34. The molecule has 2 rings (SSSR count). The third-order valence-corrected chi connectivity index (χ3v) is 2.25. The second kappa shape index (κ2) is 3.84. The van der Waals surface area contributed by atoms with Crippen molar-refractivity contribution in [2.75, 3.05) is 5.73 Å². The molecule has 0 unspecified atom stereocenters. The molecule has 1 heterocycles. The van der Waals surface area contributed by atoms with Crippen LogP contribution in [0.15, 0.2) is 24.5 Å². The molecule has 1 aromatic carbocycles. The Labute approximate surface area is 91.0 Å². The monoisotopic (exact) mass is 221 g/mol. The molecule has 0 bridgehead atoms. The Kier molecular flexibility index (Phi) is 2.52. The highest BCUT2D eigenvalue weighted by atomic mass is 19.1. The number of aromatic nitrogens is 2. The van der Waals surface area contributed by atoms with E-state index in [0.29, 0.717) is 5.56 Å². The van der Waals surface area contributed by atoms with Crippen LogP contribution in [-0.4, -0.2) is 9.97 Å². The topological polar surface area (TPSA) is 51.8 Å². The molecule has 16 heavy (non-hydrogen) atoms. The number of aryl methyl sites for hydroxylation is 1. The van der Waals surface area contributed by atoms with Gasteiger partial charge >= 0.3 is 0 Å². The van der Waals surface area contributed by atoms with E-state index in [2.05, 4.69) is 9.97 Å². The fraction of sp³-hybridized carbons (Fsp3) is 0.0909. The van der Waals surface area contributed by atoms with Gasteiger partial charge in [-0.15, -0.1) is 0 Å². The van der Waals surface area contributed by atoms with Gasteiger partial charge in [0.2, 0.25) is 0 Å². The summed E-state index contributed by atoms with van der Waals surface area (Å²) in [7, 11) is 0. The Balaban J connectivity index is 2.74. The van der Waals surface area contributed by atoms with Crippen molar-refractivity contribution in [1.82, 2.24) is 9.97 Å². The summed E-state index contributed by atoms with van der Waals surface area (Å²) in [4.78, 5) is 7.59. The van der Waals surface area contributed by atoms with Gasteiger partial charge in [0.15, 0.2) is 0 Å². The normalized spacial score (nSPS) is 10.4. The maximum absolute atomic E-state index is 13.8. The summed E-state index contributed by atoms with van der Waals surface area (Å²) < 4.78 is 27.3. The Morgan fingerprint density at radius 2 is 1.81 bits per heavy atom. The third kappa shape index (κ3) is 1.60. The fourth-order valence-corrected chi connectivity index (χ4v) is 1.42. The minimum absolute atomic E-state index is 0.00546. The van der Waals surface area contributed by atoms with Gasteiger partial charge in [0.25, 0.3) is 0 Å². The van der Waals surface area contributed by atoms with Crippen LogP contribution in [0, 0.1) is 18.6 Å². The van der Waals surface area contributed by atoms with Crippen molar-refractivity contribution in [1.29, 1.82) is 0 Å². The fourth-order valence-electron chi connectivity index (χ4n) is 1.42. The molecule has 0 aliphatic heterocycles. The number of rotatable bonds is 1. The molecule has 3 nitrogen and oxygen atoms in total. The smallest absolute Gasteiger partial charge is 0.150 e. The maximum Gasteiger partial charge on any atom is 0.150 e. The van der Waals surface area contributed by atoms with Crippen molar-refractivity contribution in [2.24, 2.45) is 0 Å². The number of halogens is 2. The highest BCUT2D eigenvalue weighted by Gasteiger charge is 2.17. The number of hydrogen-bond donors (Lipinski definition) is 1. The molecule has 0 saturated carbocycles. The summed E-state index contributed by atoms with van der Waals surface area (Å²) in [5, 5.41) is 0. The van der Waals surface area contributed by atoms with Crippen molar-refractivity contribution < 1.29 is 8.78 Å². The predicted molar refractivity (Wildman–Crippen MR) is 56.5 cm³/mol. The summed E-state index contributed by atoms with van der Waals surface area (Å²) in [6, 6.07) is 2.54. The lowest BCUT2D eigenvalue weighted by Gasteiger charge is -2.07. The van der Waals surface area contributed by atoms with Gasteiger partial charge in [-0.05, 0) is 18.6 Å². The van der Waals surface area contributed by atoms with Crippen LogP contribution in [0.4, 0.5) is 14.6 Å². The minimum atomic E-state index is -0.699. The summed E-state index contributed by atoms with van der Waals surface area (Å²) in [5.74, 6) is -1.35. The number of hydrogen-bond acceptors (Lipinski definition) is 3. The number of benzene rings is 1. The molecule has 0 aliphatic rings. The number of nitrogen functional groups attached to an aromatic ring is 1. The molecule has 0 atom stereocenters. The van der Waals surface area contributed by atoms with Crippen LogP contribution in [0.2, 0.25) is 0 Å². The first-order valence-electron chi connectivity index (χ1n) is 4.62. The second-order valence-electron chi connectivity index (χ2n) is 3.34. The SMILES string of the molecule is Cc1ccc(F)c(-c2nccnc2N)c1F. The van der Waals surface area contributed by atoms with Crippen LogP contribution in [0.3, 0.4) is 0 Å². The quantitative estimate of drug-likeness (QED) is 0.803. The van der Waals surface area contributed by atoms with E-state index in [4.69, 9.17) is 5.73 Å². The van der Waals surface area contributed by atoms with E-state index in [9.17, 15) is 8.78 Å². The summed E-state index contributed by atoms with van der Waals surface area (Å²) in [5.41, 5.74) is 5.67. The number of nitrogens with zero attached hydrogens (tertiary/aromatic N) is 2. The van der Waals surface area contributed by atoms with E-state index in [-0.39, 0.29) is 17.1 Å². The molecule has 5 heteroatoms. The standard InChI is InChI=1S/C11H9F2N3/c1-6-2-3-7(12)8(9(6)13)10-11(14)16-5-4-15-10/h2-5H,1H3,(H2,14,16). The van der Waals surface area contributed by atoms with Gasteiger partial charge < -0.3 is 5.73 Å². The lowest BCUT2D eigenvalue weighted by atomic mass is 10.1. The molecular weight excluding hydrogens is 212 g/mol. The summed E-state index contributed by atoms with van der Waals surface area (Å²) >= 11 is 0. The van der Waals surface area contributed by atoms with E-state index in [1.165, 1.54) is 24.5 Å². The van der Waals surface area contributed by atoms with Crippen LogP contribution in [0.1, 0.15) is 5.56 Å². The van der Waals surface area contributed by atoms with Gasteiger partial charge in [-0.25, -0.2) is 13.8 Å². The van der Waals surface area contributed by atoms with Crippen LogP contribution < -0.4 is 5.73 Å². The zero-order valence-corrected chi connectivity index (χ0v) is 8.54. The van der Waals surface area contributed by atoms with Gasteiger partial charge in [0.05, 0.1) is 5.56 Å². The zero-order chi connectivity index (χ0) is 11.7. The van der Waals surface area contributed by atoms with Gasteiger partial charge in [0.1, 0.15) is 23.1 Å². The highest BCUT2D eigenvalue weighted by molar-refractivity contribution is 5.71. The lowest BCUT2D eigenvalue weighted by molar-refractivity contribution is 0.583. The molecule has 82 valence electrons. The molecular formula is C11H9F2N3. The molecule has 0 spiro atoms. The van der Waals surface area contributed by atoms with Crippen molar-refractivity contribution in [3.8, 4) is 11.3 Å². The van der Waals surface area contributed by atoms with Gasteiger partial charge in [-0.3, -0.25) is 4.98 Å². The molecule has 2 N–H and O–H groups in total. The number of anilines is 1. The Morgan fingerprint density at radius 1 is 1.12 bits per heavy atom. The van der Waals surface area contributed by atoms with Gasteiger partial charge in [-0.1, -0.05) is 6.07 Å². The van der Waals surface area contributed by atoms with E-state index >= 15 is 0 Å². The predicted octanol–water partition coefficient (Wildman–Crippen LogP) is 2.31. The molecule has 0 fully saturated rings. The average molecular weight is 221 g/mol. The highest BCUT2D eigenvalue weighted by Crippen LogP contribution is 2.28. The van der Waals surface area contributed by atoms with Crippen molar-refractivity contribution in [3.05, 3.63) is 41.7 Å². The average Bonchev–Trinajstić information content (AvgIpc) is 2.27. The first kappa shape index (κ1) is 10.5. The first-order valence-corrected chi connectivity index (χ1v) is 4.62. The molecule has 1 aromatic heterocycles. The zero-order valence-electron chi connectivity index (χ0n) is 8.54. The number of nitrogens with two attached hydrogens (primary N) is 1. The largest absolute Gasteiger partial charge is 0.382 e. The first-order chi connectivity index (χ1) is 7.61.